The maximum absolute atomic E-state index is 13.4. The molecule has 0 unspecified atom stereocenters. The lowest BCUT2D eigenvalue weighted by Gasteiger charge is -2.22. The first kappa shape index (κ1) is 18.7. The molecule has 0 atom stereocenters. The van der Waals surface area contributed by atoms with Gasteiger partial charge in [0.15, 0.2) is 0 Å². The maximum atomic E-state index is 13.4. The molecule has 1 aromatic rings. The maximum Gasteiger partial charge on any atom is 0.255 e. The first-order chi connectivity index (χ1) is 11.5. The zero-order valence-corrected chi connectivity index (χ0v) is 15.4. The number of terminal acetylenes is 1. The Balaban J connectivity index is 1.95. The minimum atomic E-state index is -0.416. The minimum absolute atomic E-state index is 0.118. The Morgan fingerprint density at radius 3 is 2.83 bits per heavy atom. The predicted octanol–water partition coefficient (Wildman–Crippen LogP) is 1.33. The second-order valence-corrected chi connectivity index (χ2v) is 6.69. The molecule has 2 rings (SSSR count). The average Bonchev–Trinajstić information content (AvgIpc) is 2.80. The van der Waals surface area contributed by atoms with Gasteiger partial charge in [0, 0.05) is 29.7 Å². The summed E-state index contributed by atoms with van der Waals surface area (Å²) in [6.07, 6.45) is 5.88. The van der Waals surface area contributed by atoms with Crippen LogP contribution in [-0.4, -0.2) is 60.9 Å². The Morgan fingerprint density at radius 1 is 1.29 bits per heavy atom. The van der Waals surface area contributed by atoms with E-state index in [0.29, 0.717) is 25.2 Å². The van der Waals surface area contributed by atoms with E-state index >= 15 is 0 Å². The fourth-order valence-corrected chi connectivity index (χ4v) is 3.14. The van der Waals surface area contributed by atoms with E-state index in [1.165, 1.54) is 12.1 Å². The molecule has 1 aromatic carbocycles. The molecule has 1 aliphatic heterocycles. The summed E-state index contributed by atoms with van der Waals surface area (Å²) in [6.45, 7) is 2.91. The summed E-state index contributed by atoms with van der Waals surface area (Å²) in [4.78, 5) is 28.1. The minimum Gasteiger partial charge on any atom is -0.344 e. The number of carbonyl (C=O) groups excluding carboxylic acids is 2. The third kappa shape index (κ3) is 5.18. The number of hydrogen-bond acceptors (Lipinski definition) is 3. The molecule has 128 valence electrons. The first-order valence-corrected chi connectivity index (χ1v) is 8.76. The summed E-state index contributed by atoms with van der Waals surface area (Å²) >= 11 is 2.04. The second-order valence-electron chi connectivity index (χ2n) is 5.53. The molecule has 0 aliphatic carbocycles. The fourth-order valence-electron chi connectivity index (χ4n) is 2.57. The van der Waals surface area contributed by atoms with Gasteiger partial charge in [-0.05, 0) is 47.2 Å². The van der Waals surface area contributed by atoms with Crippen LogP contribution in [0.2, 0.25) is 0 Å². The molecular weight excluding hydrogens is 424 g/mol. The average molecular weight is 443 g/mol. The van der Waals surface area contributed by atoms with Crippen LogP contribution in [-0.2, 0) is 4.79 Å². The SMILES string of the molecule is C#CCNC(=O)CN1CCCN(C(=O)c2cc(F)ccc2I)CC1. The molecule has 1 N–H and O–H groups in total. The normalized spacial score (nSPS) is 15.5. The summed E-state index contributed by atoms with van der Waals surface area (Å²) in [5.41, 5.74) is 0.385. The van der Waals surface area contributed by atoms with Crippen molar-refractivity contribution in [3.63, 3.8) is 0 Å². The van der Waals surface area contributed by atoms with Crippen molar-refractivity contribution in [3.8, 4) is 12.3 Å². The molecule has 0 bridgehead atoms. The highest BCUT2D eigenvalue weighted by Gasteiger charge is 2.23. The van der Waals surface area contributed by atoms with Gasteiger partial charge in [0.25, 0.3) is 5.91 Å². The van der Waals surface area contributed by atoms with Crippen LogP contribution in [0.25, 0.3) is 0 Å². The van der Waals surface area contributed by atoms with Crippen molar-refractivity contribution in [2.75, 3.05) is 39.3 Å². The number of carbonyl (C=O) groups is 2. The van der Waals surface area contributed by atoms with E-state index in [-0.39, 0.29) is 24.9 Å². The van der Waals surface area contributed by atoms with Crippen molar-refractivity contribution in [1.29, 1.82) is 0 Å². The molecule has 0 aromatic heterocycles. The third-order valence-electron chi connectivity index (χ3n) is 3.79. The van der Waals surface area contributed by atoms with E-state index in [9.17, 15) is 14.0 Å². The van der Waals surface area contributed by atoms with Crippen molar-refractivity contribution in [3.05, 3.63) is 33.1 Å². The van der Waals surface area contributed by atoms with Gasteiger partial charge in [-0.15, -0.1) is 6.42 Å². The number of amides is 2. The number of hydrogen-bond donors (Lipinski definition) is 1. The zero-order chi connectivity index (χ0) is 17.5. The van der Waals surface area contributed by atoms with Crippen LogP contribution in [0.1, 0.15) is 16.8 Å². The Hall–Kier alpha value is -1.66. The molecule has 0 radical (unpaired) electrons. The van der Waals surface area contributed by atoms with Gasteiger partial charge >= 0.3 is 0 Å². The molecule has 0 spiro atoms. The van der Waals surface area contributed by atoms with Crippen LogP contribution < -0.4 is 5.32 Å². The summed E-state index contributed by atoms with van der Waals surface area (Å²) in [5, 5.41) is 2.63. The highest BCUT2D eigenvalue weighted by atomic mass is 127. The Bertz CT molecular complexity index is 660. The summed E-state index contributed by atoms with van der Waals surface area (Å²) in [5.74, 6) is 1.66. The molecule has 1 aliphatic rings. The van der Waals surface area contributed by atoms with E-state index in [1.54, 1.807) is 11.0 Å². The zero-order valence-electron chi connectivity index (χ0n) is 13.2. The van der Waals surface area contributed by atoms with Crippen molar-refractivity contribution in [1.82, 2.24) is 15.1 Å². The molecule has 1 saturated heterocycles. The van der Waals surface area contributed by atoms with Crippen LogP contribution in [0.3, 0.4) is 0 Å². The van der Waals surface area contributed by atoms with Crippen LogP contribution in [0.15, 0.2) is 18.2 Å². The van der Waals surface area contributed by atoms with Crippen molar-refractivity contribution in [2.24, 2.45) is 0 Å². The lowest BCUT2D eigenvalue weighted by molar-refractivity contribution is -0.121. The van der Waals surface area contributed by atoms with Crippen LogP contribution in [0.5, 0.6) is 0 Å². The number of nitrogens with zero attached hydrogens (tertiary/aromatic N) is 2. The van der Waals surface area contributed by atoms with Gasteiger partial charge in [-0.1, -0.05) is 5.92 Å². The molecule has 0 saturated carbocycles. The Labute approximate surface area is 154 Å². The molecule has 1 fully saturated rings. The standard InChI is InChI=1S/C17H19FIN3O2/c1-2-6-20-16(23)12-21-7-3-8-22(10-9-21)17(24)14-11-13(18)4-5-15(14)19/h1,4-5,11H,3,6-10,12H2,(H,20,23). The van der Waals surface area contributed by atoms with E-state index < -0.39 is 5.82 Å². The summed E-state index contributed by atoms with van der Waals surface area (Å²) < 4.78 is 14.2. The van der Waals surface area contributed by atoms with Gasteiger partial charge in [-0.2, -0.15) is 0 Å². The molecular formula is C17H19FIN3O2. The predicted molar refractivity (Wildman–Crippen MR) is 97.9 cm³/mol. The van der Waals surface area contributed by atoms with Crippen LogP contribution in [0, 0.1) is 21.7 Å². The molecule has 24 heavy (non-hydrogen) atoms. The Kier molecular flexibility index (Phi) is 6.99. The van der Waals surface area contributed by atoms with E-state index in [1.807, 2.05) is 27.5 Å². The lowest BCUT2D eigenvalue weighted by atomic mass is 10.2. The summed E-state index contributed by atoms with van der Waals surface area (Å²) in [6, 6.07) is 4.22. The van der Waals surface area contributed by atoms with E-state index in [2.05, 4.69) is 11.2 Å². The quantitative estimate of drug-likeness (QED) is 0.565. The smallest absolute Gasteiger partial charge is 0.255 e. The highest BCUT2D eigenvalue weighted by molar-refractivity contribution is 14.1. The van der Waals surface area contributed by atoms with E-state index in [4.69, 9.17) is 6.42 Å². The van der Waals surface area contributed by atoms with Crippen LogP contribution >= 0.6 is 22.6 Å². The van der Waals surface area contributed by atoms with Gasteiger partial charge in [0.1, 0.15) is 5.82 Å². The molecule has 7 heteroatoms. The van der Waals surface area contributed by atoms with Crippen LogP contribution in [0.4, 0.5) is 4.39 Å². The topological polar surface area (TPSA) is 52.7 Å². The van der Waals surface area contributed by atoms with E-state index in [0.717, 1.165) is 16.5 Å². The molecule has 5 nitrogen and oxygen atoms in total. The van der Waals surface area contributed by atoms with Gasteiger partial charge in [0.05, 0.1) is 18.7 Å². The number of rotatable bonds is 4. The number of benzene rings is 1. The van der Waals surface area contributed by atoms with Crippen molar-refractivity contribution in [2.45, 2.75) is 6.42 Å². The lowest BCUT2D eigenvalue weighted by Crippen LogP contribution is -2.40. The largest absolute Gasteiger partial charge is 0.344 e. The third-order valence-corrected chi connectivity index (χ3v) is 4.73. The highest BCUT2D eigenvalue weighted by Crippen LogP contribution is 2.17. The van der Waals surface area contributed by atoms with Gasteiger partial charge in [-0.25, -0.2) is 4.39 Å². The number of nitrogens with one attached hydrogen (secondary N) is 1. The molecule has 2 amide bonds. The van der Waals surface area contributed by atoms with Gasteiger partial charge in [0.2, 0.25) is 5.91 Å². The first-order valence-electron chi connectivity index (χ1n) is 7.68. The van der Waals surface area contributed by atoms with Crippen molar-refractivity contribution >= 4 is 34.4 Å². The monoisotopic (exact) mass is 443 g/mol. The Morgan fingerprint density at radius 2 is 2.08 bits per heavy atom. The second kappa shape index (κ2) is 8.99. The van der Waals surface area contributed by atoms with Crippen molar-refractivity contribution < 1.29 is 14.0 Å². The van der Waals surface area contributed by atoms with Gasteiger partial charge in [-0.3, -0.25) is 14.5 Å². The van der Waals surface area contributed by atoms with Gasteiger partial charge < -0.3 is 10.2 Å². The summed E-state index contributed by atoms with van der Waals surface area (Å²) in [7, 11) is 0. The fraction of sp³-hybridized carbons (Fsp3) is 0.412. The molecule has 1 heterocycles. The number of halogens is 2.